The van der Waals surface area contributed by atoms with E-state index in [-0.39, 0.29) is 36.7 Å². The minimum Gasteiger partial charge on any atom is -0.468 e. The second-order valence-corrected chi connectivity index (χ2v) is 10.1. The van der Waals surface area contributed by atoms with Gasteiger partial charge in [0, 0.05) is 41.6 Å². The lowest BCUT2D eigenvalue weighted by molar-refractivity contribution is -0.152. The fourth-order valence-corrected chi connectivity index (χ4v) is 6.43. The Balaban J connectivity index is 1.44. The van der Waals surface area contributed by atoms with Crippen LogP contribution in [-0.2, 0) is 16.0 Å². The maximum Gasteiger partial charge on any atom is 0.323 e. The Morgan fingerprint density at radius 3 is 2.43 bits per heavy atom. The largest absolute Gasteiger partial charge is 0.468 e. The zero-order valence-corrected chi connectivity index (χ0v) is 21.1. The van der Waals surface area contributed by atoms with Crippen molar-refractivity contribution in [2.75, 3.05) is 20.3 Å². The Bertz CT molecular complexity index is 1380. The number of aromatic nitrogens is 1. The summed E-state index contributed by atoms with van der Waals surface area (Å²) < 4.78 is 5.36. The molecule has 4 atom stereocenters. The third-order valence-electron chi connectivity index (χ3n) is 8.09. The normalized spacial score (nSPS) is 23.4. The van der Waals surface area contributed by atoms with Crippen molar-refractivity contribution in [3.05, 3.63) is 95.7 Å². The smallest absolute Gasteiger partial charge is 0.323 e. The molecule has 3 N–H and O–H groups in total. The molecule has 0 aliphatic carbocycles. The molecule has 1 saturated heterocycles. The molecular weight excluding hydrogens is 462 g/mol. The van der Waals surface area contributed by atoms with Gasteiger partial charge < -0.3 is 20.1 Å². The highest BCUT2D eigenvalue weighted by atomic mass is 16.5. The topological polar surface area (TPSA) is 77.6 Å². The van der Waals surface area contributed by atoms with Crippen molar-refractivity contribution >= 4 is 16.9 Å². The van der Waals surface area contributed by atoms with Crippen LogP contribution in [0, 0.1) is 0 Å². The molecule has 0 unspecified atom stereocenters. The van der Waals surface area contributed by atoms with Gasteiger partial charge in [-0.2, -0.15) is 0 Å². The maximum absolute atomic E-state index is 13.2. The lowest BCUT2D eigenvalue weighted by atomic mass is 9.79. The molecule has 0 saturated carbocycles. The van der Waals surface area contributed by atoms with Gasteiger partial charge in [0.25, 0.3) is 0 Å². The molecule has 0 amide bonds. The third kappa shape index (κ3) is 4.35. The maximum atomic E-state index is 13.2. The zero-order chi connectivity index (χ0) is 25.4. The van der Waals surface area contributed by atoms with Crippen LogP contribution in [0.3, 0.4) is 0 Å². The molecule has 0 spiro atoms. The summed E-state index contributed by atoms with van der Waals surface area (Å²) in [6, 6.07) is 27.4. The van der Waals surface area contributed by atoms with Crippen molar-refractivity contribution in [3.63, 3.8) is 0 Å². The van der Waals surface area contributed by atoms with Crippen molar-refractivity contribution in [2.45, 2.75) is 43.4 Å². The van der Waals surface area contributed by atoms with E-state index in [1.807, 2.05) is 12.1 Å². The summed E-state index contributed by atoms with van der Waals surface area (Å²) in [6.07, 6.45) is 2.33. The van der Waals surface area contributed by atoms with Gasteiger partial charge in [-0.3, -0.25) is 9.69 Å². The molecule has 6 heteroatoms. The van der Waals surface area contributed by atoms with Gasteiger partial charge in [0.2, 0.25) is 0 Å². The first kappa shape index (κ1) is 23.9. The van der Waals surface area contributed by atoms with E-state index in [2.05, 4.69) is 81.9 Å². The minimum atomic E-state index is -0.362. The number of carbonyl (C=O) groups is 1. The average Bonchev–Trinajstić information content (AvgIpc) is 3.34. The first-order valence-corrected chi connectivity index (χ1v) is 13.1. The molecule has 2 aliphatic heterocycles. The number of H-pyrrole nitrogens is 1. The summed E-state index contributed by atoms with van der Waals surface area (Å²) in [5.74, 6) is -0.186. The number of nitrogens with zero attached hydrogens (tertiary/aromatic N) is 1. The highest BCUT2D eigenvalue weighted by molar-refractivity contribution is 5.87. The number of nitrogens with one attached hydrogen (secondary N) is 2. The van der Waals surface area contributed by atoms with E-state index in [0.29, 0.717) is 13.0 Å². The van der Waals surface area contributed by atoms with E-state index in [1.165, 1.54) is 40.4 Å². The number of esters is 1. The number of hydrogen-bond acceptors (Lipinski definition) is 5. The predicted molar refractivity (Wildman–Crippen MR) is 145 cm³/mol. The van der Waals surface area contributed by atoms with Crippen LogP contribution < -0.4 is 5.32 Å². The number of benzene rings is 3. The van der Waals surface area contributed by atoms with Crippen molar-refractivity contribution in [1.29, 1.82) is 0 Å². The summed E-state index contributed by atoms with van der Waals surface area (Å²) >= 11 is 0. The van der Waals surface area contributed by atoms with E-state index in [0.717, 1.165) is 18.4 Å². The van der Waals surface area contributed by atoms with Gasteiger partial charge in [0.15, 0.2) is 0 Å². The number of aliphatic hydroxyl groups is 1. The first-order chi connectivity index (χ1) is 18.2. The van der Waals surface area contributed by atoms with E-state index >= 15 is 0 Å². The lowest BCUT2D eigenvalue weighted by Crippen LogP contribution is -2.55. The number of methoxy groups -OCH3 is 1. The molecule has 0 radical (unpaired) electrons. The second kappa shape index (κ2) is 10.1. The SMILES string of the molecule is COC(=O)[C@@H]1Cc2c([nH]c3ccccc23)[C@H]2C[C@H](NCCO)C[C@@H](c3ccc(-c4ccccc4)cc3)N21. The molecule has 3 aromatic carbocycles. The third-order valence-corrected chi connectivity index (χ3v) is 8.09. The molecular formula is C31H33N3O3. The number of ether oxygens (including phenoxy) is 1. The van der Waals surface area contributed by atoms with Crippen LogP contribution in [-0.4, -0.2) is 53.3 Å². The second-order valence-electron chi connectivity index (χ2n) is 10.1. The molecule has 4 aromatic rings. The predicted octanol–water partition coefficient (Wildman–Crippen LogP) is 4.76. The minimum absolute atomic E-state index is 0.0310. The fraction of sp³-hybridized carbons (Fsp3) is 0.323. The molecule has 3 heterocycles. The summed E-state index contributed by atoms with van der Waals surface area (Å²) in [5, 5.41) is 14.2. The molecule has 0 bridgehead atoms. The Hall–Kier alpha value is -3.45. The van der Waals surface area contributed by atoms with Crippen molar-refractivity contribution < 1.29 is 14.6 Å². The van der Waals surface area contributed by atoms with Crippen LogP contribution in [0.4, 0.5) is 0 Å². The van der Waals surface area contributed by atoms with Gasteiger partial charge >= 0.3 is 5.97 Å². The summed E-state index contributed by atoms with van der Waals surface area (Å²) in [4.78, 5) is 19.3. The number of rotatable bonds is 6. The van der Waals surface area contributed by atoms with Crippen LogP contribution in [0.15, 0.2) is 78.9 Å². The van der Waals surface area contributed by atoms with E-state index in [1.54, 1.807) is 0 Å². The van der Waals surface area contributed by atoms with Crippen LogP contribution in [0.5, 0.6) is 0 Å². The Morgan fingerprint density at radius 1 is 0.973 bits per heavy atom. The molecule has 2 aliphatic rings. The van der Waals surface area contributed by atoms with Gasteiger partial charge in [-0.15, -0.1) is 0 Å². The summed E-state index contributed by atoms with van der Waals surface area (Å²) in [7, 11) is 1.49. The monoisotopic (exact) mass is 495 g/mol. The van der Waals surface area contributed by atoms with E-state index in [9.17, 15) is 9.90 Å². The van der Waals surface area contributed by atoms with E-state index < -0.39 is 0 Å². The fourth-order valence-electron chi connectivity index (χ4n) is 6.43. The van der Waals surface area contributed by atoms with Crippen molar-refractivity contribution in [1.82, 2.24) is 15.2 Å². The molecule has 6 nitrogen and oxygen atoms in total. The van der Waals surface area contributed by atoms with Crippen LogP contribution in [0.1, 0.15) is 41.7 Å². The standard InChI is InChI=1S/C31H33N3O3/c1-37-31(36)29-19-25-24-9-5-6-10-26(24)33-30(25)28-18-23(32-15-16-35)17-27(34(28)29)22-13-11-21(12-14-22)20-7-3-2-4-8-20/h2-14,23,27-29,32-33,35H,15-19H2,1H3/t23-,27+,28-,29+/m1/s1. The number of hydrogen-bond donors (Lipinski definition) is 3. The summed E-state index contributed by atoms with van der Waals surface area (Å²) in [5.41, 5.74) is 7.07. The van der Waals surface area contributed by atoms with Gasteiger partial charge in [0.05, 0.1) is 19.8 Å². The average molecular weight is 496 g/mol. The van der Waals surface area contributed by atoms with Crippen molar-refractivity contribution in [2.24, 2.45) is 0 Å². The first-order valence-electron chi connectivity index (χ1n) is 13.1. The lowest BCUT2D eigenvalue weighted by Gasteiger charge is -2.50. The number of piperidine rings is 1. The highest BCUT2D eigenvalue weighted by Gasteiger charge is 2.48. The van der Waals surface area contributed by atoms with Gasteiger partial charge in [0.1, 0.15) is 6.04 Å². The number of aliphatic hydroxyl groups excluding tert-OH is 1. The number of fused-ring (bicyclic) bond motifs is 5. The van der Waals surface area contributed by atoms with Crippen LogP contribution in [0.2, 0.25) is 0 Å². The van der Waals surface area contributed by atoms with Gasteiger partial charge in [-0.25, -0.2) is 0 Å². The van der Waals surface area contributed by atoms with Crippen LogP contribution in [0.25, 0.3) is 22.0 Å². The Labute approximate surface area is 217 Å². The Morgan fingerprint density at radius 2 is 1.68 bits per heavy atom. The van der Waals surface area contributed by atoms with Gasteiger partial charge in [-0.1, -0.05) is 72.8 Å². The number of aromatic amines is 1. The zero-order valence-electron chi connectivity index (χ0n) is 21.1. The molecule has 1 aromatic heterocycles. The van der Waals surface area contributed by atoms with Crippen LogP contribution >= 0.6 is 0 Å². The molecule has 1 fully saturated rings. The van der Waals surface area contributed by atoms with E-state index in [4.69, 9.17) is 4.74 Å². The Kier molecular flexibility index (Phi) is 6.55. The molecule has 37 heavy (non-hydrogen) atoms. The number of para-hydroxylation sites is 1. The molecule has 190 valence electrons. The number of carbonyl (C=O) groups excluding carboxylic acids is 1. The van der Waals surface area contributed by atoms with Gasteiger partial charge in [-0.05, 0) is 41.2 Å². The quantitative estimate of drug-likeness (QED) is 0.336. The van der Waals surface area contributed by atoms with Crippen molar-refractivity contribution in [3.8, 4) is 11.1 Å². The molecule has 6 rings (SSSR count). The highest BCUT2D eigenvalue weighted by Crippen LogP contribution is 2.49. The summed E-state index contributed by atoms with van der Waals surface area (Å²) in [6.45, 7) is 0.654.